The van der Waals surface area contributed by atoms with Crippen molar-refractivity contribution in [3.8, 4) is 11.5 Å². The van der Waals surface area contributed by atoms with Gasteiger partial charge in [0, 0.05) is 16.6 Å². The van der Waals surface area contributed by atoms with E-state index in [1.807, 2.05) is 0 Å². The minimum absolute atomic E-state index is 0.184. The van der Waals surface area contributed by atoms with Gasteiger partial charge >= 0.3 is 0 Å². The lowest BCUT2D eigenvalue weighted by Gasteiger charge is -2.15. The molecular weight excluding hydrogens is 456 g/mol. The first-order valence-corrected chi connectivity index (χ1v) is 12.4. The first-order valence-electron chi connectivity index (χ1n) is 9.18. The number of sulfonamides is 1. The zero-order chi connectivity index (χ0) is 22.4. The van der Waals surface area contributed by atoms with E-state index in [9.17, 15) is 13.2 Å². The van der Waals surface area contributed by atoms with Gasteiger partial charge in [-0.25, -0.2) is 8.42 Å². The molecule has 0 aliphatic rings. The quantitative estimate of drug-likeness (QED) is 0.434. The third-order valence-electron chi connectivity index (χ3n) is 4.22. The van der Waals surface area contributed by atoms with Crippen LogP contribution in [-0.2, 0) is 14.8 Å². The summed E-state index contributed by atoms with van der Waals surface area (Å²) < 4.78 is 37.9. The highest BCUT2D eigenvalue weighted by Gasteiger charge is 2.18. The molecule has 0 saturated heterocycles. The van der Waals surface area contributed by atoms with Crippen molar-refractivity contribution in [2.75, 3.05) is 24.3 Å². The van der Waals surface area contributed by atoms with Gasteiger partial charge in [-0.15, -0.1) is 23.1 Å². The van der Waals surface area contributed by atoms with Gasteiger partial charge < -0.3 is 14.8 Å². The summed E-state index contributed by atoms with van der Waals surface area (Å²) in [6, 6.07) is 15.3. The smallest absolute Gasteiger partial charge is 0.271 e. The van der Waals surface area contributed by atoms with Crippen molar-refractivity contribution in [1.82, 2.24) is 0 Å². The number of benzene rings is 2. The normalized spacial score (nSPS) is 12.1. The largest absolute Gasteiger partial charge is 0.497 e. The molecule has 1 atom stereocenters. The van der Waals surface area contributed by atoms with Gasteiger partial charge in [0.25, 0.3) is 10.0 Å². The van der Waals surface area contributed by atoms with Crippen LogP contribution < -0.4 is 19.5 Å². The van der Waals surface area contributed by atoms with Gasteiger partial charge in [0.15, 0.2) is 0 Å². The van der Waals surface area contributed by atoms with Crippen LogP contribution in [0.3, 0.4) is 0 Å². The van der Waals surface area contributed by atoms with Crippen molar-refractivity contribution in [1.29, 1.82) is 0 Å². The Kier molecular flexibility index (Phi) is 7.47. The lowest BCUT2D eigenvalue weighted by atomic mass is 10.2. The van der Waals surface area contributed by atoms with E-state index in [-0.39, 0.29) is 15.4 Å². The van der Waals surface area contributed by atoms with Crippen LogP contribution in [0.2, 0.25) is 0 Å². The lowest BCUT2D eigenvalue weighted by Crippen LogP contribution is -2.22. The van der Waals surface area contributed by atoms with E-state index in [1.54, 1.807) is 74.0 Å². The van der Waals surface area contributed by atoms with Crippen LogP contribution in [0.1, 0.15) is 6.92 Å². The van der Waals surface area contributed by atoms with Crippen molar-refractivity contribution >= 4 is 50.4 Å². The Balaban J connectivity index is 1.61. The fourth-order valence-electron chi connectivity index (χ4n) is 2.62. The molecule has 2 aromatic carbocycles. The Morgan fingerprint density at radius 2 is 1.81 bits per heavy atom. The number of amides is 1. The molecular formula is C21H22N2O5S3. The van der Waals surface area contributed by atoms with Gasteiger partial charge in [0.2, 0.25) is 5.91 Å². The van der Waals surface area contributed by atoms with E-state index in [0.29, 0.717) is 22.9 Å². The lowest BCUT2D eigenvalue weighted by molar-refractivity contribution is -0.115. The summed E-state index contributed by atoms with van der Waals surface area (Å²) in [5, 5.41) is 4.18. The maximum atomic E-state index is 12.6. The van der Waals surface area contributed by atoms with Crippen molar-refractivity contribution in [3.05, 3.63) is 60.0 Å². The van der Waals surface area contributed by atoms with Crippen LogP contribution in [0, 0.1) is 0 Å². The summed E-state index contributed by atoms with van der Waals surface area (Å²) in [5.41, 5.74) is 1.01. The van der Waals surface area contributed by atoms with E-state index >= 15 is 0 Å². The average Bonchev–Trinajstić information content (AvgIpc) is 3.31. The molecule has 1 aromatic heterocycles. The molecule has 1 heterocycles. The fraction of sp³-hybridized carbons (Fsp3) is 0.190. The molecule has 0 saturated carbocycles. The van der Waals surface area contributed by atoms with Gasteiger partial charge in [-0.2, -0.15) is 0 Å². The van der Waals surface area contributed by atoms with Crippen LogP contribution >= 0.6 is 23.1 Å². The summed E-state index contributed by atoms with van der Waals surface area (Å²) in [5.74, 6) is 0.954. The standard InChI is InChI=1S/C21H22N2O5S3/c1-14(21(24)22-18-11-8-16(27-2)13-19(18)28-3)30-17-9-6-15(7-10-17)23-31(25,26)20-5-4-12-29-20/h4-14,23H,1-3H3,(H,22,24). The molecule has 0 spiro atoms. The molecule has 1 unspecified atom stereocenters. The number of ether oxygens (including phenoxy) is 2. The fourth-order valence-corrected chi connectivity index (χ4v) is 5.54. The van der Waals surface area contributed by atoms with Crippen LogP contribution in [-0.4, -0.2) is 33.8 Å². The molecule has 164 valence electrons. The summed E-state index contributed by atoms with van der Waals surface area (Å²) in [6.45, 7) is 1.80. The van der Waals surface area contributed by atoms with Gasteiger partial charge in [-0.3, -0.25) is 9.52 Å². The zero-order valence-electron chi connectivity index (χ0n) is 17.1. The first-order chi connectivity index (χ1) is 14.8. The molecule has 0 bridgehead atoms. The number of thioether (sulfide) groups is 1. The number of methoxy groups -OCH3 is 2. The molecule has 2 N–H and O–H groups in total. The average molecular weight is 479 g/mol. The van der Waals surface area contributed by atoms with Crippen LogP contribution in [0.15, 0.2) is 69.1 Å². The highest BCUT2D eigenvalue weighted by molar-refractivity contribution is 8.00. The number of rotatable bonds is 9. The van der Waals surface area contributed by atoms with Crippen molar-refractivity contribution < 1.29 is 22.7 Å². The van der Waals surface area contributed by atoms with Gasteiger partial charge in [-0.1, -0.05) is 6.07 Å². The van der Waals surface area contributed by atoms with Crippen molar-refractivity contribution in [2.24, 2.45) is 0 Å². The van der Waals surface area contributed by atoms with E-state index in [4.69, 9.17) is 9.47 Å². The summed E-state index contributed by atoms with van der Waals surface area (Å²) in [6.07, 6.45) is 0. The number of hydrogen-bond acceptors (Lipinski definition) is 7. The Morgan fingerprint density at radius 3 is 2.42 bits per heavy atom. The Bertz CT molecular complexity index is 1130. The highest BCUT2D eigenvalue weighted by atomic mass is 32.2. The first kappa shape index (κ1) is 23.0. The Labute approximate surface area is 189 Å². The zero-order valence-corrected chi connectivity index (χ0v) is 19.6. The summed E-state index contributed by atoms with van der Waals surface area (Å²) in [4.78, 5) is 13.5. The maximum Gasteiger partial charge on any atom is 0.271 e. The predicted molar refractivity (Wildman–Crippen MR) is 125 cm³/mol. The third kappa shape index (κ3) is 5.93. The monoisotopic (exact) mass is 478 g/mol. The SMILES string of the molecule is COc1ccc(NC(=O)C(C)Sc2ccc(NS(=O)(=O)c3cccs3)cc2)c(OC)c1. The topological polar surface area (TPSA) is 93.7 Å². The third-order valence-corrected chi connectivity index (χ3v) is 8.11. The van der Waals surface area contributed by atoms with Crippen LogP contribution in [0.25, 0.3) is 0 Å². The minimum atomic E-state index is -3.59. The predicted octanol–water partition coefficient (Wildman–Crippen LogP) is 4.69. The molecule has 3 rings (SSSR count). The second-order valence-electron chi connectivity index (χ2n) is 6.38. The molecule has 31 heavy (non-hydrogen) atoms. The summed E-state index contributed by atoms with van der Waals surface area (Å²) in [7, 11) is -0.505. The number of carbonyl (C=O) groups is 1. The van der Waals surface area contributed by atoms with E-state index < -0.39 is 10.0 Å². The van der Waals surface area contributed by atoms with Gasteiger partial charge in [0.1, 0.15) is 15.7 Å². The molecule has 0 aliphatic heterocycles. The Morgan fingerprint density at radius 1 is 1.06 bits per heavy atom. The Hall–Kier alpha value is -2.69. The van der Waals surface area contributed by atoms with E-state index in [2.05, 4.69) is 10.0 Å². The molecule has 10 heteroatoms. The minimum Gasteiger partial charge on any atom is -0.497 e. The second kappa shape index (κ2) is 10.1. The number of nitrogens with one attached hydrogen (secondary N) is 2. The van der Waals surface area contributed by atoms with Crippen molar-refractivity contribution in [2.45, 2.75) is 21.3 Å². The molecule has 3 aromatic rings. The maximum absolute atomic E-state index is 12.6. The van der Waals surface area contributed by atoms with Crippen LogP contribution in [0.5, 0.6) is 11.5 Å². The van der Waals surface area contributed by atoms with E-state index in [1.165, 1.54) is 18.9 Å². The molecule has 0 aliphatic carbocycles. The summed E-state index contributed by atoms with van der Waals surface area (Å²) >= 11 is 2.52. The molecule has 1 amide bonds. The van der Waals surface area contributed by atoms with Crippen LogP contribution in [0.4, 0.5) is 11.4 Å². The number of anilines is 2. The molecule has 0 fully saturated rings. The van der Waals surface area contributed by atoms with Gasteiger partial charge in [0.05, 0.1) is 25.2 Å². The number of hydrogen-bond donors (Lipinski definition) is 2. The second-order valence-corrected chi connectivity index (χ2v) is 10.6. The van der Waals surface area contributed by atoms with Gasteiger partial charge in [-0.05, 0) is 54.8 Å². The highest BCUT2D eigenvalue weighted by Crippen LogP contribution is 2.31. The number of carbonyl (C=O) groups excluding carboxylic acids is 1. The molecule has 0 radical (unpaired) electrons. The van der Waals surface area contributed by atoms with Crippen molar-refractivity contribution in [3.63, 3.8) is 0 Å². The molecule has 7 nitrogen and oxygen atoms in total. The number of thiophene rings is 1. The van der Waals surface area contributed by atoms with E-state index in [0.717, 1.165) is 16.2 Å².